The maximum atomic E-state index is 12.3. The van der Waals surface area contributed by atoms with Crippen LogP contribution in [0.5, 0.6) is 0 Å². The van der Waals surface area contributed by atoms with E-state index in [2.05, 4.69) is 10.2 Å². The highest BCUT2D eigenvalue weighted by atomic mass is 16.5. The van der Waals surface area contributed by atoms with Crippen LogP contribution in [-0.2, 0) is 9.53 Å². The Morgan fingerprint density at radius 1 is 1.50 bits per heavy atom. The second kappa shape index (κ2) is 6.13. The van der Waals surface area contributed by atoms with Crippen LogP contribution < -0.4 is 16.0 Å². The summed E-state index contributed by atoms with van der Waals surface area (Å²) >= 11 is 0. The number of carbonyl (C=O) groups excluding carboxylic acids is 1. The Morgan fingerprint density at radius 3 is 2.95 bits per heavy atom. The Kier molecular flexibility index (Phi) is 4.49. The van der Waals surface area contributed by atoms with E-state index < -0.39 is 0 Å². The number of hydrogen-bond acceptors (Lipinski definition) is 4. The van der Waals surface area contributed by atoms with Crippen molar-refractivity contribution < 1.29 is 9.53 Å². The maximum Gasteiger partial charge on any atom is 0.245 e. The van der Waals surface area contributed by atoms with E-state index in [0.717, 1.165) is 11.3 Å². The van der Waals surface area contributed by atoms with Gasteiger partial charge in [0.1, 0.15) is 6.04 Å². The summed E-state index contributed by atoms with van der Waals surface area (Å²) in [5.74, 6) is 0.00141. The molecule has 1 atom stereocenters. The highest BCUT2D eigenvalue weighted by Gasteiger charge is 2.30. The molecule has 0 radical (unpaired) electrons. The number of nitrogens with one attached hydrogen (secondary N) is 1. The number of rotatable bonds is 3. The number of nitrogens with two attached hydrogens (primary N) is 1. The van der Waals surface area contributed by atoms with Gasteiger partial charge in [-0.25, -0.2) is 0 Å². The standard InChI is InChI=1S/C15H23N3O2/c1-10(2)17-15(19)14-9-20-7-6-18(14)13-8-12(16)5-4-11(13)3/h4-5,8,10,14H,6-7,9,16H2,1-3H3,(H,17,19). The zero-order valence-corrected chi connectivity index (χ0v) is 12.3. The molecule has 1 aliphatic rings. The minimum absolute atomic E-state index is 0.00141. The number of morpholine rings is 1. The summed E-state index contributed by atoms with van der Waals surface area (Å²) in [5, 5.41) is 2.95. The molecule has 1 amide bonds. The molecular formula is C15H23N3O2. The second-order valence-corrected chi connectivity index (χ2v) is 5.49. The van der Waals surface area contributed by atoms with Crippen LogP contribution in [0.25, 0.3) is 0 Å². The first-order valence-electron chi connectivity index (χ1n) is 7.00. The van der Waals surface area contributed by atoms with Crippen molar-refractivity contribution in [1.29, 1.82) is 0 Å². The van der Waals surface area contributed by atoms with Gasteiger partial charge in [0.25, 0.3) is 0 Å². The molecule has 5 nitrogen and oxygen atoms in total. The monoisotopic (exact) mass is 277 g/mol. The van der Waals surface area contributed by atoms with Gasteiger partial charge in [-0.05, 0) is 38.5 Å². The zero-order chi connectivity index (χ0) is 14.7. The van der Waals surface area contributed by atoms with E-state index >= 15 is 0 Å². The van der Waals surface area contributed by atoms with Crippen LogP contribution in [0.1, 0.15) is 19.4 Å². The fourth-order valence-electron chi connectivity index (χ4n) is 2.43. The number of hydrogen-bond donors (Lipinski definition) is 2. The number of anilines is 2. The Morgan fingerprint density at radius 2 is 2.25 bits per heavy atom. The van der Waals surface area contributed by atoms with E-state index in [0.29, 0.717) is 25.4 Å². The van der Waals surface area contributed by atoms with Gasteiger partial charge in [-0.1, -0.05) is 6.07 Å². The van der Waals surface area contributed by atoms with E-state index in [-0.39, 0.29) is 18.0 Å². The van der Waals surface area contributed by atoms with Gasteiger partial charge < -0.3 is 20.7 Å². The molecule has 0 bridgehead atoms. The van der Waals surface area contributed by atoms with Gasteiger partial charge in [-0.15, -0.1) is 0 Å². The van der Waals surface area contributed by atoms with Crippen LogP contribution in [0.15, 0.2) is 18.2 Å². The second-order valence-electron chi connectivity index (χ2n) is 5.49. The van der Waals surface area contributed by atoms with Crippen molar-refractivity contribution in [2.24, 2.45) is 0 Å². The van der Waals surface area contributed by atoms with Gasteiger partial charge in [0.2, 0.25) is 5.91 Å². The lowest BCUT2D eigenvalue weighted by atomic mass is 10.1. The lowest BCUT2D eigenvalue weighted by Gasteiger charge is -2.37. The predicted molar refractivity (Wildman–Crippen MR) is 80.8 cm³/mol. The van der Waals surface area contributed by atoms with Gasteiger partial charge in [0.05, 0.1) is 13.2 Å². The summed E-state index contributed by atoms with van der Waals surface area (Å²) in [4.78, 5) is 14.4. The van der Waals surface area contributed by atoms with Crippen LogP contribution in [0, 0.1) is 6.92 Å². The third-order valence-electron chi connectivity index (χ3n) is 3.40. The van der Waals surface area contributed by atoms with Crippen LogP contribution in [0.4, 0.5) is 11.4 Å². The molecule has 110 valence electrons. The van der Waals surface area contributed by atoms with Crippen molar-refractivity contribution in [2.45, 2.75) is 32.9 Å². The van der Waals surface area contributed by atoms with E-state index in [9.17, 15) is 4.79 Å². The van der Waals surface area contributed by atoms with Gasteiger partial charge in [0, 0.05) is 24.0 Å². The minimum atomic E-state index is -0.299. The van der Waals surface area contributed by atoms with Crippen molar-refractivity contribution >= 4 is 17.3 Å². The number of amides is 1. The van der Waals surface area contributed by atoms with Crippen molar-refractivity contribution in [3.05, 3.63) is 23.8 Å². The van der Waals surface area contributed by atoms with Crippen LogP contribution in [0.2, 0.25) is 0 Å². The highest BCUT2D eigenvalue weighted by Crippen LogP contribution is 2.26. The molecule has 0 aromatic heterocycles. The van der Waals surface area contributed by atoms with E-state index in [1.54, 1.807) is 0 Å². The quantitative estimate of drug-likeness (QED) is 0.817. The Hall–Kier alpha value is -1.75. The molecule has 5 heteroatoms. The molecule has 1 aromatic carbocycles. The van der Waals surface area contributed by atoms with Crippen LogP contribution in [0.3, 0.4) is 0 Å². The number of aryl methyl sites for hydroxylation is 1. The molecule has 2 rings (SSSR count). The van der Waals surface area contributed by atoms with Gasteiger partial charge >= 0.3 is 0 Å². The number of carbonyl (C=O) groups is 1. The van der Waals surface area contributed by atoms with E-state index in [1.807, 2.05) is 39.0 Å². The molecule has 1 unspecified atom stereocenters. The Balaban J connectivity index is 2.26. The van der Waals surface area contributed by atoms with Crippen LogP contribution >= 0.6 is 0 Å². The summed E-state index contributed by atoms with van der Waals surface area (Å²) in [6.45, 7) is 7.67. The number of benzene rings is 1. The molecule has 20 heavy (non-hydrogen) atoms. The predicted octanol–water partition coefficient (Wildman–Crippen LogP) is 1.31. The van der Waals surface area contributed by atoms with Crippen LogP contribution in [-0.4, -0.2) is 37.7 Å². The third kappa shape index (κ3) is 3.22. The van der Waals surface area contributed by atoms with Crippen molar-refractivity contribution in [1.82, 2.24) is 5.32 Å². The highest BCUT2D eigenvalue weighted by molar-refractivity contribution is 5.86. The lowest BCUT2D eigenvalue weighted by Crippen LogP contribution is -2.55. The zero-order valence-electron chi connectivity index (χ0n) is 12.3. The van der Waals surface area contributed by atoms with Crippen molar-refractivity contribution in [2.75, 3.05) is 30.4 Å². The lowest BCUT2D eigenvalue weighted by molar-refractivity contribution is -0.125. The maximum absolute atomic E-state index is 12.3. The normalized spacial score (nSPS) is 19.2. The van der Waals surface area contributed by atoms with Crippen molar-refractivity contribution in [3.8, 4) is 0 Å². The summed E-state index contributed by atoms with van der Waals surface area (Å²) in [5.41, 5.74) is 8.71. The average Bonchev–Trinajstić information content (AvgIpc) is 2.41. The van der Waals surface area contributed by atoms with Crippen molar-refractivity contribution in [3.63, 3.8) is 0 Å². The SMILES string of the molecule is Cc1ccc(N)cc1N1CCOCC1C(=O)NC(C)C. The Labute approximate surface area is 120 Å². The summed E-state index contributed by atoms with van der Waals surface area (Å²) < 4.78 is 5.47. The third-order valence-corrected chi connectivity index (χ3v) is 3.40. The van der Waals surface area contributed by atoms with E-state index in [1.165, 1.54) is 0 Å². The van der Waals surface area contributed by atoms with Gasteiger partial charge in [0.15, 0.2) is 0 Å². The molecule has 0 saturated carbocycles. The molecular weight excluding hydrogens is 254 g/mol. The fraction of sp³-hybridized carbons (Fsp3) is 0.533. The first-order chi connectivity index (χ1) is 9.49. The number of ether oxygens (including phenoxy) is 1. The summed E-state index contributed by atoms with van der Waals surface area (Å²) in [6.07, 6.45) is 0. The molecule has 1 fully saturated rings. The van der Waals surface area contributed by atoms with Gasteiger partial charge in [-0.3, -0.25) is 4.79 Å². The molecule has 1 aliphatic heterocycles. The first-order valence-corrected chi connectivity index (χ1v) is 7.00. The molecule has 0 aliphatic carbocycles. The topological polar surface area (TPSA) is 67.6 Å². The molecule has 3 N–H and O–H groups in total. The summed E-state index contributed by atoms with van der Waals surface area (Å²) in [7, 11) is 0. The summed E-state index contributed by atoms with van der Waals surface area (Å²) in [6, 6.07) is 5.61. The molecule has 1 heterocycles. The first kappa shape index (κ1) is 14.7. The average molecular weight is 277 g/mol. The molecule has 1 aromatic rings. The largest absolute Gasteiger partial charge is 0.399 e. The minimum Gasteiger partial charge on any atom is -0.399 e. The van der Waals surface area contributed by atoms with E-state index in [4.69, 9.17) is 10.5 Å². The number of nitrogen functional groups attached to an aromatic ring is 1. The molecule has 0 spiro atoms. The fourth-order valence-corrected chi connectivity index (χ4v) is 2.43. The number of nitrogens with zero attached hydrogens (tertiary/aromatic N) is 1. The molecule has 1 saturated heterocycles. The Bertz CT molecular complexity index is 488. The van der Waals surface area contributed by atoms with Gasteiger partial charge in [-0.2, -0.15) is 0 Å². The smallest absolute Gasteiger partial charge is 0.245 e.